The van der Waals surface area contributed by atoms with Gasteiger partial charge in [0.2, 0.25) is 0 Å². The average molecular weight is 453 g/mol. The third-order valence-electron chi connectivity index (χ3n) is 4.58. The van der Waals surface area contributed by atoms with Crippen LogP contribution < -0.4 is 15.6 Å². The van der Waals surface area contributed by atoms with E-state index in [1.165, 1.54) is 6.07 Å². The summed E-state index contributed by atoms with van der Waals surface area (Å²) in [5.41, 5.74) is 2.44. The van der Waals surface area contributed by atoms with Crippen molar-refractivity contribution in [1.29, 1.82) is 0 Å². The number of halogens is 3. The lowest BCUT2D eigenvalue weighted by atomic mass is 10.1. The first kappa shape index (κ1) is 24.4. The molecule has 0 saturated heterocycles. The molecule has 0 radical (unpaired) electrons. The van der Waals surface area contributed by atoms with Crippen LogP contribution in [-0.2, 0) is 0 Å². The molecule has 0 bridgehead atoms. The molecule has 0 saturated carbocycles. The highest BCUT2D eigenvalue weighted by Crippen LogP contribution is 2.25. The van der Waals surface area contributed by atoms with Crippen LogP contribution in [0.3, 0.4) is 0 Å². The number of rotatable bonds is 4. The molecule has 2 aromatic rings. The van der Waals surface area contributed by atoms with Crippen molar-refractivity contribution in [3.05, 3.63) is 58.6 Å². The number of nitrogens with one attached hydrogen (secondary N) is 2. The van der Waals surface area contributed by atoms with Gasteiger partial charge in [-0.25, -0.2) is 24.0 Å². The van der Waals surface area contributed by atoms with Crippen molar-refractivity contribution >= 4 is 34.9 Å². The number of amides is 3. The minimum Gasteiger partial charge on any atom is -0.372 e. The molecule has 0 unspecified atom stereocenters. The summed E-state index contributed by atoms with van der Waals surface area (Å²) in [5, 5.41) is 3.79. The predicted molar refractivity (Wildman–Crippen MR) is 119 cm³/mol. The van der Waals surface area contributed by atoms with Crippen LogP contribution in [0.15, 0.2) is 36.4 Å². The molecule has 2 N–H and O–H groups in total. The van der Waals surface area contributed by atoms with Gasteiger partial charge in [-0.05, 0) is 65.0 Å². The molecule has 0 spiro atoms. The molecule has 31 heavy (non-hydrogen) atoms. The Kier molecular flexibility index (Phi) is 7.49. The van der Waals surface area contributed by atoms with Crippen LogP contribution in [0.1, 0.15) is 45.0 Å². The Balaban J connectivity index is 2.30. The molecular weight excluding hydrogens is 426 g/mol. The van der Waals surface area contributed by atoms with E-state index in [0.29, 0.717) is 11.1 Å². The summed E-state index contributed by atoms with van der Waals surface area (Å²) in [5.74, 6) is -2.19. The molecule has 0 atom stereocenters. The zero-order chi connectivity index (χ0) is 23.5. The lowest BCUT2D eigenvalue weighted by Crippen LogP contribution is -2.56. The number of carbonyl (C=O) groups excluding carboxylic acids is 2. The van der Waals surface area contributed by atoms with Gasteiger partial charge in [0.15, 0.2) is 0 Å². The van der Waals surface area contributed by atoms with Crippen LogP contribution in [0, 0.1) is 11.6 Å². The molecule has 2 aromatic carbocycles. The summed E-state index contributed by atoms with van der Waals surface area (Å²) in [7, 11) is 1.88. The van der Waals surface area contributed by atoms with Crippen molar-refractivity contribution in [2.75, 3.05) is 17.3 Å². The summed E-state index contributed by atoms with van der Waals surface area (Å²) in [4.78, 5) is 27.7. The highest BCUT2D eigenvalue weighted by Gasteiger charge is 2.30. The fourth-order valence-electron chi connectivity index (χ4n) is 2.69. The molecule has 0 aliphatic carbocycles. The number of urea groups is 1. The summed E-state index contributed by atoms with van der Waals surface area (Å²) >= 11 is 6.24. The first-order valence-electron chi connectivity index (χ1n) is 9.70. The van der Waals surface area contributed by atoms with Crippen LogP contribution in [0.4, 0.5) is 25.0 Å². The second-order valence-electron chi connectivity index (χ2n) is 8.40. The Bertz CT molecular complexity index is 976. The van der Waals surface area contributed by atoms with Crippen molar-refractivity contribution in [2.45, 2.75) is 46.2 Å². The Morgan fingerprint density at radius 1 is 1.06 bits per heavy atom. The molecule has 0 aliphatic heterocycles. The van der Waals surface area contributed by atoms with Crippen LogP contribution in [-0.4, -0.2) is 35.6 Å². The first-order chi connectivity index (χ1) is 14.3. The van der Waals surface area contributed by atoms with Crippen LogP contribution in [0.2, 0.25) is 5.02 Å². The van der Waals surface area contributed by atoms with Crippen molar-refractivity contribution in [3.8, 4) is 0 Å². The fraction of sp³-hybridized carbons (Fsp3) is 0.364. The average Bonchev–Trinajstić information content (AvgIpc) is 2.65. The van der Waals surface area contributed by atoms with Gasteiger partial charge >= 0.3 is 6.03 Å². The van der Waals surface area contributed by atoms with Gasteiger partial charge in [0.1, 0.15) is 11.6 Å². The van der Waals surface area contributed by atoms with Gasteiger partial charge in [0.05, 0.1) is 11.2 Å². The van der Waals surface area contributed by atoms with Gasteiger partial charge in [-0.3, -0.25) is 4.79 Å². The SMILES string of the molecule is CC(C)N(C)c1cc(Cl)cc(C(=O)N(NC(=O)Nc2ccc(F)cc2F)C(C)(C)C)c1. The largest absolute Gasteiger partial charge is 0.372 e. The van der Waals surface area contributed by atoms with E-state index in [4.69, 9.17) is 11.6 Å². The van der Waals surface area contributed by atoms with E-state index in [1.807, 2.05) is 25.8 Å². The van der Waals surface area contributed by atoms with E-state index in [2.05, 4.69) is 10.7 Å². The summed E-state index contributed by atoms with van der Waals surface area (Å²) in [6.07, 6.45) is 0. The second kappa shape index (κ2) is 9.51. The molecule has 0 fully saturated rings. The van der Waals surface area contributed by atoms with Crippen molar-refractivity contribution in [2.24, 2.45) is 0 Å². The number of carbonyl (C=O) groups is 2. The van der Waals surface area contributed by atoms with Crippen molar-refractivity contribution in [1.82, 2.24) is 10.4 Å². The second-order valence-corrected chi connectivity index (χ2v) is 8.84. The zero-order valence-corrected chi connectivity index (χ0v) is 19.1. The van der Waals surface area contributed by atoms with E-state index in [9.17, 15) is 18.4 Å². The van der Waals surface area contributed by atoms with Crippen LogP contribution in [0.5, 0.6) is 0 Å². The quantitative estimate of drug-likeness (QED) is 0.607. The van der Waals surface area contributed by atoms with Gasteiger partial charge in [0, 0.05) is 35.4 Å². The molecule has 3 amide bonds. The minimum atomic E-state index is -0.931. The Morgan fingerprint density at radius 2 is 1.71 bits per heavy atom. The molecule has 0 aromatic heterocycles. The van der Waals surface area contributed by atoms with E-state index < -0.39 is 29.1 Å². The maximum Gasteiger partial charge on any atom is 0.338 e. The lowest BCUT2D eigenvalue weighted by molar-refractivity contribution is 0.0460. The first-order valence-corrected chi connectivity index (χ1v) is 10.1. The fourth-order valence-corrected chi connectivity index (χ4v) is 2.92. The van der Waals surface area contributed by atoms with Gasteiger partial charge in [-0.2, -0.15) is 0 Å². The summed E-state index contributed by atoms with van der Waals surface area (Å²) < 4.78 is 26.9. The zero-order valence-electron chi connectivity index (χ0n) is 18.4. The van der Waals surface area contributed by atoms with Gasteiger partial charge in [-0.15, -0.1) is 0 Å². The molecule has 0 aliphatic rings. The standard InChI is InChI=1S/C22H27ClF2N4O2/c1-13(2)28(6)17-10-14(9-15(23)11-17)20(30)29(22(3,4)5)27-21(31)26-19-8-7-16(24)12-18(19)25/h7-13H,1-6H3,(H2,26,27,31). The maximum absolute atomic E-state index is 13.9. The maximum atomic E-state index is 13.9. The predicted octanol–water partition coefficient (Wildman–Crippen LogP) is 5.44. The third-order valence-corrected chi connectivity index (χ3v) is 4.80. The Labute approximate surface area is 186 Å². The van der Waals surface area contributed by atoms with E-state index >= 15 is 0 Å². The third kappa shape index (κ3) is 6.30. The smallest absolute Gasteiger partial charge is 0.338 e. The van der Waals surface area contributed by atoms with E-state index in [0.717, 1.165) is 22.8 Å². The lowest BCUT2D eigenvalue weighted by Gasteiger charge is -2.35. The number of hydrazine groups is 1. The molecular formula is C22H27ClF2N4O2. The molecule has 2 rings (SSSR count). The number of hydrogen-bond donors (Lipinski definition) is 2. The number of hydrogen-bond acceptors (Lipinski definition) is 3. The summed E-state index contributed by atoms with van der Waals surface area (Å²) in [6.45, 7) is 9.20. The van der Waals surface area contributed by atoms with Gasteiger partial charge in [-0.1, -0.05) is 11.6 Å². The molecule has 168 valence electrons. The van der Waals surface area contributed by atoms with Crippen molar-refractivity contribution < 1.29 is 18.4 Å². The number of benzene rings is 2. The highest BCUT2D eigenvalue weighted by atomic mass is 35.5. The monoisotopic (exact) mass is 452 g/mol. The van der Waals surface area contributed by atoms with E-state index in [-0.39, 0.29) is 17.3 Å². The normalized spacial score (nSPS) is 11.3. The van der Waals surface area contributed by atoms with Gasteiger partial charge < -0.3 is 10.2 Å². The molecule has 6 nitrogen and oxygen atoms in total. The summed E-state index contributed by atoms with van der Waals surface area (Å²) in [6, 6.07) is 7.04. The van der Waals surface area contributed by atoms with Crippen molar-refractivity contribution in [3.63, 3.8) is 0 Å². The number of anilines is 2. The highest BCUT2D eigenvalue weighted by molar-refractivity contribution is 6.31. The Morgan fingerprint density at radius 3 is 2.26 bits per heavy atom. The minimum absolute atomic E-state index is 0.176. The van der Waals surface area contributed by atoms with E-state index in [1.54, 1.807) is 32.9 Å². The number of nitrogens with zero attached hydrogens (tertiary/aromatic N) is 2. The van der Waals surface area contributed by atoms with Gasteiger partial charge in [0.25, 0.3) is 5.91 Å². The Hall–Kier alpha value is -2.87. The topological polar surface area (TPSA) is 64.7 Å². The molecule has 0 heterocycles. The molecule has 9 heteroatoms. The van der Waals surface area contributed by atoms with Crippen LogP contribution >= 0.6 is 11.6 Å². The van der Waals surface area contributed by atoms with Crippen LogP contribution in [0.25, 0.3) is 0 Å².